The lowest BCUT2D eigenvalue weighted by Crippen LogP contribution is -2.38. The molecule has 0 saturated heterocycles. The first-order valence-electron chi connectivity index (χ1n) is 8.05. The van der Waals surface area contributed by atoms with Crippen LogP contribution in [-0.2, 0) is 6.42 Å². The van der Waals surface area contributed by atoms with Gasteiger partial charge in [-0.25, -0.2) is 9.97 Å². The Labute approximate surface area is 149 Å². The lowest BCUT2D eigenvalue weighted by Gasteiger charge is -2.08. The Kier molecular flexibility index (Phi) is 6.25. The van der Waals surface area contributed by atoms with E-state index in [0.717, 1.165) is 24.8 Å². The molecule has 0 radical (unpaired) electrons. The van der Waals surface area contributed by atoms with Gasteiger partial charge in [0.15, 0.2) is 17.5 Å². The molecule has 1 amide bonds. The molecule has 2 aromatic rings. The van der Waals surface area contributed by atoms with Gasteiger partial charge in [0.2, 0.25) is 5.56 Å². The van der Waals surface area contributed by atoms with Gasteiger partial charge in [0.25, 0.3) is 5.91 Å². The number of hydrogen-bond donors (Lipinski definition) is 5. The third-order valence-electron chi connectivity index (χ3n) is 3.59. The van der Waals surface area contributed by atoms with Gasteiger partial charge in [0, 0.05) is 18.8 Å². The van der Waals surface area contributed by atoms with E-state index < -0.39 is 5.91 Å². The van der Waals surface area contributed by atoms with Gasteiger partial charge in [-0.05, 0) is 31.7 Å². The molecule has 26 heavy (non-hydrogen) atoms. The standard InChI is InChI=1S/C16H22N8O2/c1-9-13(17)23-14(18)12(22-9)15(26)24-16(19)20-7-3-2-4-10-5-6-11(25)21-8-10/h5-6,8H,2-4,7H2,1H3,(H,21,25)(H4,17,18,23)(H3,19,20,24,26). The van der Waals surface area contributed by atoms with Crippen molar-refractivity contribution in [3.8, 4) is 0 Å². The molecule has 2 rings (SSSR count). The highest BCUT2D eigenvalue weighted by atomic mass is 16.2. The molecular weight excluding hydrogens is 336 g/mol. The molecule has 0 aliphatic rings. The van der Waals surface area contributed by atoms with E-state index in [1.807, 2.05) is 0 Å². The van der Waals surface area contributed by atoms with Crippen molar-refractivity contribution in [2.75, 3.05) is 18.0 Å². The van der Waals surface area contributed by atoms with Crippen LogP contribution in [0, 0.1) is 6.92 Å². The number of aryl methyl sites for hydroxylation is 2. The second kappa shape index (κ2) is 8.60. The Morgan fingerprint density at radius 1 is 1.23 bits per heavy atom. The minimum atomic E-state index is -0.590. The van der Waals surface area contributed by atoms with E-state index in [0.29, 0.717) is 12.2 Å². The fraction of sp³-hybridized carbons (Fsp3) is 0.312. The van der Waals surface area contributed by atoms with Gasteiger partial charge in [0.05, 0.1) is 5.69 Å². The average Bonchev–Trinajstić information content (AvgIpc) is 2.59. The van der Waals surface area contributed by atoms with E-state index in [4.69, 9.17) is 17.2 Å². The van der Waals surface area contributed by atoms with Crippen LogP contribution in [0.2, 0.25) is 0 Å². The molecule has 8 N–H and O–H groups in total. The number of pyridine rings is 1. The number of H-pyrrole nitrogens is 1. The lowest BCUT2D eigenvalue weighted by molar-refractivity contribution is 0.0972. The number of rotatable bonds is 6. The van der Waals surface area contributed by atoms with Crippen LogP contribution in [0.3, 0.4) is 0 Å². The first-order chi connectivity index (χ1) is 12.4. The molecule has 0 aliphatic carbocycles. The van der Waals surface area contributed by atoms with Crippen LogP contribution in [-0.4, -0.2) is 33.4 Å². The van der Waals surface area contributed by atoms with E-state index in [2.05, 4.69) is 25.3 Å². The molecule has 0 fully saturated rings. The monoisotopic (exact) mass is 358 g/mol. The largest absolute Gasteiger partial charge is 0.382 e. The summed E-state index contributed by atoms with van der Waals surface area (Å²) < 4.78 is 0. The second-order valence-electron chi connectivity index (χ2n) is 5.67. The normalized spacial score (nSPS) is 11.3. The van der Waals surface area contributed by atoms with E-state index in [-0.39, 0.29) is 28.8 Å². The number of hydrogen-bond acceptors (Lipinski definition) is 7. The predicted octanol–water partition coefficient (Wildman–Crippen LogP) is -0.295. The maximum atomic E-state index is 12.1. The number of nitrogens with zero attached hydrogens (tertiary/aromatic N) is 3. The van der Waals surface area contributed by atoms with E-state index in [1.54, 1.807) is 19.2 Å². The third kappa shape index (κ3) is 5.30. The van der Waals surface area contributed by atoms with Crippen LogP contribution in [0.25, 0.3) is 0 Å². The first-order valence-corrected chi connectivity index (χ1v) is 8.05. The quantitative estimate of drug-likeness (QED) is 0.267. The SMILES string of the molecule is Cc1nc(C(=O)NC(N)=NCCCCc2ccc(=O)[nH]c2)c(N)nc1N. The smallest absolute Gasteiger partial charge is 0.280 e. The Morgan fingerprint density at radius 2 is 2.00 bits per heavy atom. The first kappa shape index (κ1) is 18.9. The Hall–Kier alpha value is -3.43. The molecule has 138 valence electrons. The second-order valence-corrected chi connectivity index (χ2v) is 5.67. The van der Waals surface area contributed by atoms with Crippen molar-refractivity contribution in [1.29, 1.82) is 0 Å². The molecule has 0 aliphatic heterocycles. The molecule has 0 aromatic carbocycles. The van der Waals surface area contributed by atoms with Crippen molar-refractivity contribution in [1.82, 2.24) is 20.3 Å². The highest BCUT2D eigenvalue weighted by Gasteiger charge is 2.15. The predicted molar refractivity (Wildman–Crippen MR) is 99.6 cm³/mol. The fourth-order valence-electron chi connectivity index (χ4n) is 2.17. The van der Waals surface area contributed by atoms with Crippen LogP contribution in [0.5, 0.6) is 0 Å². The summed E-state index contributed by atoms with van der Waals surface area (Å²) in [4.78, 5) is 37.7. The number of nitrogens with two attached hydrogens (primary N) is 3. The molecule has 0 unspecified atom stereocenters. The van der Waals surface area contributed by atoms with Crippen molar-refractivity contribution in [2.45, 2.75) is 26.2 Å². The number of nitrogen functional groups attached to an aromatic ring is 2. The molecule has 2 heterocycles. The van der Waals surface area contributed by atoms with Gasteiger partial charge in [-0.3, -0.25) is 19.9 Å². The zero-order chi connectivity index (χ0) is 19.1. The van der Waals surface area contributed by atoms with Gasteiger partial charge in [-0.15, -0.1) is 0 Å². The fourth-order valence-corrected chi connectivity index (χ4v) is 2.17. The number of nitrogens with one attached hydrogen (secondary N) is 2. The maximum absolute atomic E-state index is 12.1. The lowest BCUT2D eigenvalue weighted by atomic mass is 10.1. The molecule has 0 saturated carbocycles. The number of aromatic amines is 1. The highest BCUT2D eigenvalue weighted by Crippen LogP contribution is 2.11. The maximum Gasteiger partial charge on any atom is 0.280 e. The van der Waals surface area contributed by atoms with E-state index >= 15 is 0 Å². The van der Waals surface area contributed by atoms with Gasteiger partial charge >= 0.3 is 0 Å². The van der Waals surface area contributed by atoms with Crippen molar-refractivity contribution in [2.24, 2.45) is 10.7 Å². The van der Waals surface area contributed by atoms with E-state index in [1.165, 1.54) is 6.07 Å². The Morgan fingerprint density at radius 3 is 2.69 bits per heavy atom. The zero-order valence-electron chi connectivity index (χ0n) is 14.5. The summed E-state index contributed by atoms with van der Waals surface area (Å²) in [6.45, 7) is 2.08. The van der Waals surface area contributed by atoms with E-state index in [9.17, 15) is 9.59 Å². The summed E-state index contributed by atoms with van der Waals surface area (Å²) in [6.07, 6.45) is 4.15. The summed E-state index contributed by atoms with van der Waals surface area (Å²) in [7, 11) is 0. The molecule has 0 spiro atoms. The molecule has 2 aromatic heterocycles. The van der Waals surface area contributed by atoms with Gasteiger partial charge in [0.1, 0.15) is 5.82 Å². The number of anilines is 2. The van der Waals surface area contributed by atoms with Crippen LogP contribution >= 0.6 is 0 Å². The topological polar surface area (TPSA) is 178 Å². The van der Waals surface area contributed by atoms with Crippen molar-refractivity contribution in [3.63, 3.8) is 0 Å². The molecule has 10 heteroatoms. The highest BCUT2D eigenvalue weighted by molar-refractivity contribution is 6.06. The minimum Gasteiger partial charge on any atom is -0.382 e. The van der Waals surface area contributed by atoms with Crippen LogP contribution in [0.4, 0.5) is 11.6 Å². The number of aromatic nitrogens is 3. The van der Waals surface area contributed by atoms with Crippen molar-refractivity contribution < 1.29 is 4.79 Å². The minimum absolute atomic E-state index is 0.0188. The summed E-state index contributed by atoms with van der Waals surface area (Å²) in [5.41, 5.74) is 18.2. The summed E-state index contributed by atoms with van der Waals surface area (Å²) in [5, 5.41) is 2.42. The molecule has 10 nitrogen and oxygen atoms in total. The average molecular weight is 358 g/mol. The van der Waals surface area contributed by atoms with Crippen molar-refractivity contribution >= 4 is 23.5 Å². The number of guanidine groups is 1. The summed E-state index contributed by atoms with van der Waals surface area (Å²) >= 11 is 0. The Bertz CT molecular complexity index is 855. The van der Waals surface area contributed by atoms with Crippen LogP contribution in [0.15, 0.2) is 28.1 Å². The molecule has 0 atom stereocenters. The van der Waals surface area contributed by atoms with Gasteiger partial charge < -0.3 is 22.2 Å². The molecular formula is C16H22N8O2. The number of carbonyl (C=O) groups is 1. The van der Waals surface area contributed by atoms with Crippen LogP contribution < -0.4 is 28.1 Å². The zero-order valence-corrected chi connectivity index (χ0v) is 14.5. The van der Waals surface area contributed by atoms with Gasteiger partial charge in [-0.1, -0.05) is 6.07 Å². The summed E-state index contributed by atoms with van der Waals surface area (Å²) in [5.74, 6) is -0.509. The summed E-state index contributed by atoms with van der Waals surface area (Å²) in [6, 6.07) is 3.28. The van der Waals surface area contributed by atoms with Crippen molar-refractivity contribution in [3.05, 3.63) is 45.6 Å². The Balaban J connectivity index is 1.80. The van der Waals surface area contributed by atoms with Crippen LogP contribution in [0.1, 0.15) is 34.6 Å². The van der Waals surface area contributed by atoms with Gasteiger partial charge in [-0.2, -0.15) is 0 Å². The number of carbonyl (C=O) groups excluding carboxylic acids is 1. The number of amides is 1. The number of unbranched alkanes of at least 4 members (excludes halogenated alkanes) is 1. The third-order valence-corrected chi connectivity index (χ3v) is 3.59. The molecule has 0 bridgehead atoms. The number of aliphatic imine (C=N–C) groups is 1.